The molecule has 2 fully saturated rings. The smallest absolute Gasteiger partial charge is 0.243 e. The van der Waals surface area contributed by atoms with Gasteiger partial charge < -0.3 is 10.1 Å². The lowest BCUT2D eigenvalue weighted by Crippen LogP contribution is -2.47. The summed E-state index contributed by atoms with van der Waals surface area (Å²) in [6.07, 6.45) is 0.00441. The lowest BCUT2D eigenvalue weighted by Gasteiger charge is -2.31. The molecule has 0 aromatic heterocycles. The molecule has 2 aliphatic heterocycles. The van der Waals surface area contributed by atoms with E-state index in [9.17, 15) is 13.2 Å². The number of aryl methyl sites for hydroxylation is 1. The summed E-state index contributed by atoms with van der Waals surface area (Å²) in [5.41, 5.74) is 1.01. The van der Waals surface area contributed by atoms with E-state index in [-0.39, 0.29) is 35.5 Å². The predicted molar refractivity (Wildman–Crippen MR) is 80.8 cm³/mol. The highest BCUT2D eigenvalue weighted by atomic mass is 32.2. The summed E-state index contributed by atoms with van der Waals surface area (Å²) in [5, 5.41) is 2.62. The van der Waals surface area contributed by atoms with Gasteiger partial charge in [-0.15, -0.1) is 0 Å². The van der Waals surface area contributed by atoms with Crippen LogP contribution in [0.4, 0.5) is 0 Å². The first-order valence-corrected chi connectivity index (χ1v) is 8.79. The van der Waals surface area contributed by atoms with Crippen LogP contribution >= 0.6 is 0 Å². The second-order valence-corrected chi connectivity index (χ2v) is 7.83. The van der Waals surface area contributed by atoms with Gasteiger partial charge in [0, 0.05) is 20.1 Å². The SMILES string of the molecule is CNC(=O)[C@H]1C[C@@H]2CN(S(=O)(=O)c3ccc(C)cc3)C[C@H]1O2. The molecule has 0 radical (unpaired) electrons. The van der Waals surface area contributed by atoms with Crippen molar-refractivity contribution >= 4 is 15.9 Å². The molecule has 7 heteroatoms. The first kappa shape index (κ1) is 15.5. The molecule has 2 bridgehead atoms. The molecule has 2 aliphatic rings. The molecule has 3 rings (SSSR count). The van der Waals surface area contributed by atoms with Gasteiger partial charge in [-0.1, -0.05) is 17.7 Å². The van der Waals surface area contributed by atoms with Crippen LogP contribution in [-0.4, -0.2) is 51.0 Å². The Hall–Kier alpha value is -1.44. The fourth-order valence-corrected chi connectivity index (χ4v) is 4.62. The van der Waals surface area contributed by atoms with Crippen LogP contribution in [-0.2, 0) is 19.6 Å². The molecule has 1 amide bonds. The Morgan fingerprint density at radius 3 is 2.59 bits per heavy atom. The number of sulfonamides is 1. The zero-order valence-corrected chi connectivity index (χ0v) is 13.5. The third-order valence-corrected chi connectivity index (χ3v) is 6.21. The fourth-order valence-electron chi connectivity index (χ4n) is 3.14. The van der Waals surface area contributed by atoms with Crippen LogP contribution in [0.2, 0.25) is 0 Å². The average Bonchev–Trinajstić information content (AvgIpc) is 2.81. The van der Waals surface area contributed by atoms with Gasteiger partial charge in [0.1, 0.15) is 0 Å². The van der Waals surface area contributed by atoms with Crippen molar-refractivity contribution in [2.45, 2.75) is 30.4 Å². The van der Waals surface area contributed by atoms with E-state index in [0.29, 0.717) is 13.0 Å². The molecule has 120 valence electrons. The summed E-state index contributed by atoms with van der Waals surface area (Å²) >= 11 is 0. The normalized spacial score (nSPS) is 28.5. The van der Waals surface area contributed by atoms with Crippen LogP contribution in [0.1, 0.15) is 12.0 Å². The molecule has 1 aromatic carbocycles. The first-order valence-electron chi connectivity index (χ1n) is 7.35. The Balaban J connectivity index is 1.82. The largest absolute Gasteiger partial charge is 0.371 e. The summed E-state index contributed by atoms with van der Waals surface area (Å²) in [7, 11) is -1.95. The highest BCUT2D eigenvalue weighted by molar-refractivity contribution is 7.89. The van der Waals surface area contributed by atoms with Crippen LogP contribution < -0.4 is 5.32 Å². The van der Waals surface area contributed by atoms with E-state index in [1.165, 1.54) is 4.31 Å². The van der Waals surface area contributed by atoms with Crippen LogP contribution in [0, 0.1) is 12.8 Å². The van der Waals surface area contributed by atoms with Gasteiger partial charge in [0.25, 0.3) is 0 Å². The second-order valence-electron chi connectivity index (χ2n) is 5.89. The predicted octanol–water partition coefficient (Wildman–Crippen LogP) is 0.519. The number of nitrogens with one attached hydrogen (secondary N) is 1. The zero-order chi connectivity index (χ0) is 15.9. The van der Waals surface area contributed by atoms with Crippen molar-refractivity contribution in [2.24, 2.45) is 5.92 Å². The number of rotatable bonds is 3. The summed E-state index contributed by atoms with van der Waals surface area (Å²) in [5.74, 6) is -0.352. The molecular weight excluding hydrogens is 304 g/mol. The van der Waals surface area contributed by atoms with E-state index >= 15 is 0 Å². The van der Waals surface area contributed by atoms with Gasteiger partial charge in [-0.25, -0.2) is 8.42 Å². The van der Waals surface area contributed by atoms with Crippen molar-refractivity contribution in [3.05, 3.63) is 29.8 Å². The summed E-state index contributed by atoms with van der Waals surface area (Å²) in [6, 6.07) is 6.82. The topological polar surface area (TPSA) is 75.7 Å². The Labute approximate surface area is 130 Å². The lowest BCUT2D eigenvalue weighted by molar-refractivity contribution is -0.126. The number of fused-ring (bicyclic) bond motifs is 2. The number of amides is 1. The Morgan fingerprint density at radius 2 is 1.95 bits per heavy atom. The third-order valence-electron chi connectivity index (χ3n) is 4.37. The van der Waals surface area contributed by atoms with Crippen molar-refractivity contribution in [1.29, 1.82) is 0 Å². The first-order chi connectivity index (χ1) is 10.4. The fraction of sp³-hybridized carbons (Fsp3) is 0.533. The van der Waals surface area contributed by atoms with Crippen LogP contribution in [0.15, 0.2) is 29.2 Å². The van der Waals surface area contributed by atoms with Crippen molar-refractivity contribution in [3.63, 3.8) is 0 Å². The van der Waals surface area contributed by atoms with E-state index in [1.807, 2.05) is 6.92 Å². The molecule has 0 saturated carbocycles. The molecular formula is C15H20N2O4S. The lowest BCUT2D eigenvalue weighted by atomic mass is 10.00. The Bertz CT molecular complexity index is 671. The van der Waals surface area contributed by atoms with E-state index < -0.39 is 10.0 Å². The zero-order valence-electron chi connectivity index (χ0n) is 12.7. The molecule has 3 atom stereocenters. The number of nitrogens with zero attached hydrogens (tertiary/aromatic N) is 1. The second kappa shape index (κ2) is 5.64. The van der Waals surface area contributed by atoms with E-state index in [4.69, 9.17) is 4.74 Å². The number of morpholine rings is 1. The molecule has 2 saturated heterocycles. The van der Waals surface area contributed by atoms with Crippen LogP contribution in [0.3, 0.4) is 0 Å². The number of ether oxygens (including phenoxy) is 1. The third kappa shape index (κ3) is 2.64. The minimum atomic E-state index is -3.54. The van der Waals surface area contributed by atoms with Crippen molar-refractivity contribution in [2.75, 3.05) is 20.1 Å². The van der Waals surface area contributed by atoms with Gasteiger partial charge in [0.05, 0.1) is 23.0 Å². The standard InChI is InChI=1S/C15H20N2O4S/c1-10-3-5-12(6-4-10)22(19,20)17-8-11-7-13(15(18)16-2)14(9-17)21-11/h3-6,11,13-14H,7-9H2,1-2H3,(H,16,18)/t11-,13+,14-/m1/s1. The molecule has 1 aromatic rings. The minimum Gasteiger partial charge on any atom is -0.371 e. The number of benzene rings is 1. The Morgan fingerprint density at radius 1 is 1.27 bits per heavy atom. The maximum absolute atomic E-state index is 12.7. The van der Waals surface area contributed by atoms with Gasteiger partial charge >= 0.3 is 0 Å². The van der Waals surface area contributed by atoms with Crippen molar-refractivity contribution in [3.8, 4) is 0 Å². The van der Waals surface area contributed by atoms with Gasteiger partial charge in [-0.3, -0.25) is 4.79 Å². The molecule has 6 nitrogen and oxygen atoms in total. The number of carbonyl (C=O) groups is 1. The molecule has 1 N–H and O–H groups in total. The maximum atomic E-state index is 12.7. The van der Waals surface area contributed by atoms with Gasteiger partial charge in [-0.05, 0) is 25.5 Å². The van der Waals surface area contributed by atoms with Crippen molar-refractivity contribution in [1.82, 2.24) is 9.62 Å². The summed E-state index contributed by atoms with van der Waals surface area (Å²) in [6.45, 7) is 2.45. The van der Waals surface area contributed by atoms with Gasteiger partial charge in [-0.2, -0.15) is 4.31 Å². The molecule has 22 heavy (non-hydrogen) atoms. The Kier molecular flexibility index (Phi) is 3.96. The van der Waals surface area contributed by atoms with Gasteiger partial charge in [0.15, 0.2) is 0 Å². The van der Waals surface area contributed by atoms with E-state index in [1.54, 1.807) is 31.3 Å². The van der Waals surface area contributed by atoms with Crippen molar-refractivity contribution < 1.29 is 17.9 Å². The van der Waals surface area contributed by atoms with E-state index in [0.717, 1.165) is 5.56 Å². The minimum absolute atomic E-state index is 0.0814. The summed E-state index contributed by atoms with van der Waals surface area (Å²) in [4.78, 5) is 12.1. The summed E-state index contributed by atoms with van der Waals surface area (Å²) < 4.78 is 32.7. The quantitative estimate of drug-likeness (QED) is 0.879. The maximum Gasteiger partial charge on any atom is 0.243 e. The molecule has 2 heterocycles. The van der Waals surface area contributed by atoms with E-state index in [2.05, 4.69) is 5.32 Å². The number of hydrogen-bond donors (Lipinski definition) is 1. The highest BCUT2D eigenvalue weighted by Crippen LogP contribution is 2.34. The average molecular weight is 324 g/mol. The number of hydrogen-bond acceptors (Lipinski definition) is 4. The molecule has 0 aliphatic carbocycles. The van der Waals surface area contributed by atoms with Crippen LogP contribution in [0.5, 0.6) is 0 Å². The monoisotopic (exact) mass is 324 g/mol. The molecule has 0 spiro atoms. The van der Waals surface area contributed by atoms with Crippen LogP contribution in [0.25, 0.3) is 0 Å². The number of carbonyl (C=O) groups excluding carboxylic acids is 1. The highest BCUT2D eigenvalue weighted by Gasteiger charge is 2.47. The van der Waals surface area contributed by atoms with Gasteiger partial charge in [0.2, 0.25) is 15.9 Å². The molecule has 0 unspecified atom stereocenters.